The van der Waals surface area contributed by atoms with Crippen LogP contribution in [0.1, 0.15) is 36.9 Å². The van der Waals surface area contributed by atoms with Crippen LogP contribution in [0, 0.1) is 6.92 Å². The summed E-state index contributed by atoms with van der Waals surface area (Å²) in [6, 6.07) is 8.06. The number of piperidine rings is 1. The van der Waals surface area contributed by atoms with Crippen molar-refractivity contribution >= 4 is 5.91 Å². The predicted molar refractivity (Wildman–Crippen MR) is 99.7 cm³/mol. The molecule has 0 bridgehead atoms. The summed E-state index contributed by atoms with van der Waals surface area (Å²) >= 11 is 0. The summed E-state index contributed by atoms with van der Waals surface area (Å²) in [7, 11) is 0. The summed E-state index contributed by atoms with van der Waals surface area (Å²) in [5.41, 5.74) is 1.83. The van der Waals surface area contributed by atoms with Crippen molar-refractivity contribution in [3.05, 3.63) is 47.6 Å². The fourth-order valence-electron chi connectivity index (χ4n) is 3.59. The van der Waals surface area contributed by atoms with Crippen molar-refractivity contribution in [2.75, 3.05) is 26.2 Å². The van der Waals surface area contributed by atoms with E-state index >= 15 is 0 Å². The molecule has 0 aromatic carbocycles. The number of rotatable bonds is 7. The van der Waals surface area contributed by atoms with E-state index < -0.39 is 0 Å². The number of carbonyl (C=O) groups excluding carboxylic acids is 1. The first-order chi connectivity index (χ1) is 12.7. The molecule has 2 aromatic rings. The largest absolute Gasteiger partial charge is 0.361 e. The van der Waals surface area contributed by atoms with Crippen LogP contribution in [0.4, 0.5) is 0 Å². The van der Waals surface area contributed by atoms with E-state index in [1.165, 1.54) is 0 Å². The van der Waals surface area contributed by atoms with Crippen LogP contribution in [0.15, 0.2) is 35.0 Å². The number of likely N-dealkylation sites (tertiary alicyclic amines) is 1. The number of hydrogen-bond donors (Lipinski definition) is 0. The van der Waals surface area contributed by atoms with E-state index in [1.807, 2.05) is 36.1 Å². The van der Waals surface area contributed by atoms with Gasteiger partial charge in [-0.3, -0.25) is 9.78 Å². The number of amides is 1. The van der Waals surface area contributed by atoms with Gasteiger partial charge in [-0.15, -0.1) is 0 Å². The molecule has 0 spiro atoms. The minimum atomic E-state index is 0.118. The molecule has 6 nitrogen and oxygen atoms in total. The van der Waals surface area contributed by atoms with Crippen molar-refractivity contribution in [1.29, 1.82) is 0 Å². The number of nitrogens with zero attached hydrogens (tertiary/aromatic N) is 4. The predicted octanol–water partition coefficient (Wildman–Crippen LogP) is 2.48. The van der Waals surface area contributed by atoms with Gasteiger partial charge in [0.15, 0.2) is 0 Å². The van der Waals surface area contributed by atoms with Crippen molar-refractivity contribution < 1.29 is 9.32 Å². The second-order valence-corrected chi connectivity index (χ2v) is 6.94. The summed E-state index contributed by atoms with van der Waals surface area (Å²) in [4.78, 5) is 21.9. The maximum absolute atomic E-state index is 13.0. The number of pyridine rings is 1. The van der Waals surface area contributed by atoms with Crippen LogP contribution in [0.3, 0.4) is 0 Å². The van der Waals surface area contributed by atoms with Crippen LogP contribution in [-0.2, 0) is 17.6 Å². The Kier molecular flexibility index (Phi) is 6.39. The van der Waals surface area contributed by atoms with Crippen LogP contribution in [0.5, 0.6) is 0 Å². The van der Waals surface area contributed by atoms with Gasteiger partial charge in [0.25, 0.3) is 0 Å². The van der Waals surface area contributed by atoms with E-state index in [-0.39, 0.29) is 18.4 Å². The van der Waals surface area contributed by atoms with Crippen molar-refractivity contribution in [3.63, 3.8) is 0 Å². The highest BCUT2D eigenvalue weighted by atomic mass is 16.5. The van der Waals surface area contributed by atoms with Crippen molar-refractivity contribution in [2.45, 2.75) is 45.6 Å². The van der Waals surface area contributed by atoms with Gasteiger partial charge in [-0.2, -0.15) is 0 Å². The zero-order valence-electron chi connectivity index (χ0n) is 15.7. The van der Waals surface area contributed by atoms with Gasteiger partial charge in [-0.05, 0) is 38.4 Å². The Morgan fingerprint density at radius 3 is 2.77 bits per heavy atom. The molecule has 1 amide bonds. The summed E-state index contributed by atoms with van der Waals surface area (Å²) < 4.78 is 5.25. The first kappa shape index (κ1) is 18.6. The monoisotopic (exact) mass is 356 g/mol. The van der Waals surface area contributed by atoms with Gasteiger partial charge in [-0.25, -0.2) is 0 Å². The van der Waals surface area contributed by atoms with Crippen molar-refractivity contribution in [3.8, 4) is 0 Å². The number of aryl methyl sites for hydroxylation is 1. The Hall–Kier alpha value is -2.21. The molecule has 1 saturated heterocycles. The summed E-state index contributed by atoms with van der Waals surface area (Å²) in [5, 5.41) is 3.89. The SMILES string of the molecule is CCN1CCC(N(CCc2ccccn2)C(=O)Cc2cc(C)no2)CC1. The Balaban J connectivity index is 1.66. The minimum absolute atomic E-state index is 0.118. The Labute approximate surface area is 155 Å². The lowest BCUT2D eigenvalue weighted by atomic mass is 10.0. The normalized spacial score (nSPS) is 15.9. The van der Waals surface area contributed by atoms with Gasteiger partial charge in [0.2, 0.25) is 5.91 Å². The first-order valence-corrected chi connectivity index (χ1v) is 9.49. The van der Waals surface area contributed by atoms with Gasteiger partial charge in [0, 0.05) is 50.1 Å². The molecule has 3 rings (SSSR count). The molecule has 2 aromatic heterocycles. The maximum atomic E-state index is 13.0. The Bertz CT molecular complexity index is 693. The average molecular weight is 356 g/mol. The van der Waals surface area contributed by atoms with E-state index in [2.05, 4.69) is 22.0 Å². The topological polar surface area (TPSA) is 62.5 Å². The van der Waals surface area contributed by atoms with Gasteiger partial charge in [0.1, 0.15) is 5.76 Å². The molecule has 3 heterocycles. The molecule has 1 aliphatic heterocycles. The van der Waals surface area contributed by atoms with Crippen LogP contribution in [0.2, 0.25) is 0 Å². The van der Waals surface area contributed by atoms with Crippen LogP contribution < -0.4 is 0 Å². The summed E-state index contributed by atoms with van der Waals surface area (Å²) in [6.07, 6.45) is 4.90. The zero-order valence-corrected chi connectivity index (χ0v) is 15.7. The molecule has 0 saturated carbocycles. The van der Waals surface area contributed by atoms with Gasteiger partial charge >= 0.3 is 0 Å². The third-order valence-electron chi connectivity index (χ3n) is 5.10. The van der Waals surface area contributed by atoms with Gasteiger partial charge in [0.05, 0.1) is 12.1 Å². The molecular formula is C20H28N4O2. The third-order valence-corrected chi connectivity index (χ3v) is 5.10. The van der Waals surface area contributed by atoms with Gasteiger partial charge < -0.3 is 14.3 Å². The van der Waals surface area contributed by atoms with E-state index in [4.69, 9.17) is 4.52 Å². The number of aromatic nitrogens is 2. The second-order valence-electron chi connectivity index (χ2n) is 6.94. The Morgan fingerprint density at radius 1 is 1.35 bits per heavy atom. The van der Waals surface area contributed by atoms with Crippen molar-refractivity contribution in [2.24, 2.45) is 0 Å². The third kappa shape index (κ3) is 4.91. The van der Waals surface area contributed by atoms with Crippen LogP contribution >= 0.6 is 0 Å². The standard InChI is InChI=1S/C20H28N4O2/c1-3-23-11-8-18(9-12-23)24(13-7-17-6-4-5-10-21-17)20(25)15-19-14-16(2)22-26-19/h4-6,10,14,18H,3,7-9,11-13,15H2,1-2H3. The Morgan fingerprint density at radius 2 is 2.15 bits per heavy atom. The number of hydrogen-bond acceptors (Lipinski definition) is 5. The van der Waals surface area contributed by atoms with Crippen LogP contribution in [-0.4, -0.2) is 58.1 Å². The van der Waals surface area contributed by atoms with Gasteiger partial charge in [-0.1, -0.05) is 18.1 Å². The lowest BCUT2D eigenvalue weighted by Gasteiger charge is -2.38. The highest BCUT2D eigenvalue weighted by Gasteiger charge is 2.28. The van der Waals surface area contributed by atoms with E-state index in [0.29, 0.717) is 12.3 Å². The van der Waals surface area contributed by atoms with Crippen molar-refractivity contribution in [1.82, 2.24) is 19.9 Å². The molecule has 26 heavy (non-hydrogen) atoms. The smallest absolute Gasteiger partial charge is 0.230 e. The first-order valence-electron chi connectivity index (χ1n) is 9.49. The fourth-order valence-corrected chi connectivity index (χ4v) is 3.59. The molecule has 6 heteroatoms. The molecule has 140 valence electrons. The zero-order chi connectivity index (χ0) is 18.4. The van der Waals surface area contributed by atoms with E-state index in [0.717, 1.165) is 50.3 Å². The fraction of sp³-hybridized carbons (Fsp3) is 0.550. The highest BCUT2D eigenvalue weighted by Crippen LogP contribution is 2.19. The summed E-state index contributed by atoms with van der Waals surface area (Å²) in [5.74, 6) is 0.758. The quantitative estimate of drug-likeness (QED) is 0.763. The maximum Gasteiger partial charge on any atom is 0.230 e. The molecule has 0 atom stereocenters. The van der Waals surface area contributed by atoms with Crippen LogP contribution in [0.25, 0.3) is 0 Å². The summed E-state index contributed by atoms with van der Waals surface area (Å²) in [6.45, 7) is 7.94. The van der Waals surface area contributed by atoms with E-state index in [1.54, 1.807) is 6.20 Å². The molecule has 1 aliphatic rings. The molecule has 1 fully saturated rings. The lowest BCUT2D eigenvalue weighted by molar-refractivity contribution is -0.134. The molecule has 0 aliphatic carbocycles. The highest BCUT2D eigenvalue weighted by molar-refractivity contribution is 5.78. The molecule has 0 radical (unpaired) electrons. The lowest BCUT2D eigenvalue weighted by Crippen LogP contribution is -2.48. The average Bonchev–Trinajstić information content (AvgIpc) is 3.08. The molecule has 0 N–H and O–H groups in total. The minimum Gasteiger partial charge on any atom is -0.361 e. The van der Waals surface area contributed by atoms with E-state index in [9.17, 15) is 4.79 Å². The molecular weight excluding hydrogens is 328 g/mol. The second kappa shape index (κ2) is 8.94. The molecule has 0 unspecified atom stereocenters. The number of carbonyl (C=O) groups is 1.